The lowest BCUT2D eigenvalue weighted by Crippen LogP contribution is -2.48. The van der Waals surface area contributed by atoms with Crippen LogP contribution in [-0.4, -0.2) is 32.8 Å². The molecule has 3 heterocycles. The molecule has 2 aromatic rings. The number of aryl methyl sites for hydroxylation is 1. The van der Waals surface area contributed by atoms with E-state index in [4.69, 9.17) is 0 Å². The quantitative estimate of drug-likeness (QED) is 0.847. The van der Waals surface area contributed by atoms with E-state index in [0.29, 0.717) is 6.04 Å². The molecule has 0 saturated carbocycles. The van der Waals surface area contributed by atoms with Gasteiger partial charge in [-0.05, 0) is 28.9 Å². The average Bonchev–Trinajstić information content (AvgIpc) is 2.63. The molecule has 2 aromatic heterocycles. The first kappa shape index (κ1) is 10.7. The fourth-order valence-corrected chi connectivity index (χ4v) is 2.19. The van der Waals surface area contributed by atoms with E-state index in [-0.39, 0.29) is 0 Å². The van der Waals surface area contributed by atoms with Crippen molar-refractivity contribution in [2.45, 2.75) is 13.0 Å². The van der Waals surface area contributed by atoms with Gasteiger partial charge in [-0.2, -0.15) is 5.10 Å². The maximum atomic E-state index is 4.40. The van der Waals surface area contributed by atoms with Crippen LogP contribution >= 0.6 is 15.9 Å². The fourth-order valence-electron chi connectivity index (χ4n) is 1.89. The summed E-state index contributed by atoms with van der Waals surface area (Å²) in [5.74, 6) is 0.812. The van der Waals surface area contributed by atoms with Gasteiger partial charge in [0, 0.05) is 31.2 Å². The summed E-state index contributed by atoms with van der Waals surface area (Å²) in [7, 11) is 0. The van der Waals surface area contributed by atoms with Crippen LogP contribution in [0.4, 0.5) is 5.95 Å². The molecule has 0 spiro atoms. The average molecular weight is 294 g/mol. The molecule has 5 nitrogen and oxygen atoms in total. The van der Waals surface area contributed by atoms with Crippen LogP contribution in [0.2, 0.25) is 0 Å². The van der Waals surface area contributed by atoms with Gasteiger partial charge in [-0.1, -0.05) is 0 Å². The van der Waals surface area contributed by atoms with Crippen molar-refractivity contribution in [3.8, 4) is 0 Å². The molecule has 17 heavy (non-hydrogen) atoms. The van der Waals surface area contributed by atoms with Crippen LogP contribution in [0.5, 0.6) is 0 Å². The Bertz CT molecular complexity index is 532. The zero-order valence-corrected chi connectivity index (χ0v) is 11.0. The Morgan fingerprint density at radius 2 is 2.24 bits per heavy atom. The van der Waals surface area contributed by atoms with Crippen LogP contribution in [-0.2, 0) is 0 Å². The monoisotopic (exact) mass is 293 g/mol. The molecule has 1 aliphatic heterocycles. The molecular weight excluding hydrogens is 282 g/mol. The highest BCUT2D eigenvalue weighted by atomic mass is 79.9. The molecule has 0 aromatic carbocycles. The number of rotatable bonds is 2. The molecule has 1 fully saturated rings. The first-order valence-electron chi connectivity index (χ1n) is 5.46. The standard InChI is InChI=1S/C11H12BrN5/c1-8-2-3-13-11(15-8)16-6-10(7-16)17-5-9(12)4-14-17/h2-5,10H,6-7H2,1H3. The minimum atomic E-state index is 0.422. The van der Waals surface area contributed by atoms with Gasteiger partial charge in [-0.15, -0.1) is 0 Å². The summed E-state index contributed by atoms with van der Waals surface area (Å²) in [6, 6.07) is 2.33. The Morgan fingerprint density at radius 1 is 1.41 bits per heavy atom. The van der Waals surface area contributed by atoms with Crippen molar-refractivity contribution in [1.29, 1.82) is 0 Å². The van der Waals surface area contributed by atoms with Gasteiger partial charge in [-0.3, -0.25) is 4.68 Å². The molecule has 1 aliphatic rings. The first-order valence-corrected chi connectivity index (χ1v) is 6.26. The molecule has 0 unspecified atom stereocenters. The summed E-state index contributed by atoms with van der Waals surface area (Å²) in [5.41, 5.74) is 1.00. The van der Waals surface area contributed by atoms with Crippen molar-refractivity contribution >= 4 is 21.9 Å². The van der Waals surface area contributed by atoms with E-state index < -0.39 is 0 Å². The highest BCUT2D eigenvalue weighted by Gasteiger charge is 2.30. The zero-order valence-electron chi connectivity index (χ0n) is 9.41. The Kier molecular flexibility index (Phi) is 2.58. The number of hydrogen-bond acceptors (Lipinski definition) is 4. The molecule has 0 aliphatic carbocycles. The van der Waals surface area contributed by atoms with E-state index in [0.717, 1.165) is 29.2 Å². The molecule has 0 amide bonds. The predicted octanol–water partition coefficient (Wildman–Crippen LogP) is 1.81. The Balaban J connectivity index is 1.69. The molecule has 88 valence electrons. The normalized spacial score (nSPS) is 16.0. The molecule has 1 saturated heterocycles. The van der Waals surface area contributed by atoms with Crippen LogP contribution in [0.1, 0.15) is 11.7 Å². The summed E-state index contributed by atoms with van der Waals surface area (Å²) in [5, 5.41) is 4.29. The number of aromatic nitrogens is 4. The third-order valence-corrected chi connectivity index (χ3v) is 3.28. The fraction of sp³-hybridized carbons (Fsp3) is 0.364. The van der Waals surface area contributed by atoms with E-state index in [2.05, 4.69) is 35.9 Å². The Labute approximate surface area is 108 Å². The summed E-state index contributed by atoms with van der Waals surface area (Å²) in [6.45, 7) is 3.81. The van der Waals surface area contributed by atoms with E-state index >= 15 is 0 Å². The van der Waals surface area contributed by atoms with Gasteiger partial charge < -0.3 is 4.90 Å². The van der Waals surface area contributed by atoms with E-state index in [1.54, 1.807) is 6.20 Å². The number of nitrogens with zero attached hydrogens (tertiary/aromatic N) is 5. The molecule has 0 radical (unpaired) electrons. The lowest BCUT2D eigenvalue weighted by molar-refractivity contribution is 0.363. The van der Waals surface area contributed by atoms with Crippen molar-refractivity contribution in [2.24, 2.45) is 0 Å². The number of halogens is 1. The number of hydrogen-bond donors (Lipinski definition) is 0. The Morgan fingerprint density at radius 3 is 2.88 bits per heavy atom. The SMILES string of the molecule is Cc1ccnc(N2CC(n3cc(Br)cn3)C2)n1. The first-order chi connectivity index (χ1) is 8.22. The van der Waals surface area contributed by atoms with Crippen molar-refractivity contribution in [3.05, 3.63) is 34.8 Å². The van der Waals surface area contributed by atoms with Gasteiger partial charge in [-0.25, -0.2) is 9.97 Å². The number of anilines is 1. The molecule has 0 N–H and O–H groups in total. The van der Waals surface area contributed by atoms with Crippen molar-refractivity contribution in [2.75, 3.05) is 18.0 Å². The second-order valence-corrected chi connectivity index (χ2v) is 5.11. The van der Waals surface area contributed by atoms with Gasteiger partial charge >= 0.3 is 0 Å². The predicted molar refractivity (Wildman–Crippen MR) is 67.9 cm³/mol. The maximum absolute atomic E-state index is 4.40. The lowest BCUT2D eigenvalue weighted by atomic mass is 10.1. The Hall–Kier alpha value is -1.43. The highest BCUT2D eigenvalue weighted by molar-refractivity contribution is 9.10. The van der Waals surface area contributed by atoms with Gasteiger partial charge in [0.2, 0.25) is 5.95 Å². The third kappa shape index (κ3) is 2.04. The summed E-state index contributed by atoms with van der Waals surface area (Å²) < 4.78 is 3.00. The van der Waals surface area contributed by atoms with E-state index in [1.165, 1.54) is 0 Å². The van der Waals surface area contributed by atoms with Gasteiger partial charge in [0.05, 0.1) is 16.7 Å². The molecule has 0 bridgehead atoms. The minimum absolute atomic E-state index is 0.422. The molecule has 0 atom stereocenters. The lowest BCUT2D eigenvalue weighted by Gasteiger charge is -2.39. The summed E-state index contributed by atoms with van der Waals surface area (Å²) >= 11 is 3.40. The second kappa shape index (κ2) is 4.10. The third-order valence-electron chi connectivity index (χ3n) is 2.87. The summed E-state index contributed by atoms with van der Waals surface area (Å²) in [6.07, 6.45) is 5.61. The van der Waals surface area contributed by atoms with E-state index in [9.17, 15) is 0 Å². The minimum Gasteiger partial charge on any atom is -0.336 e. The van der Waals surface area contributed by atoms with Gasteiger partial charge in [0.15, 0.2) is 0 Å². The second-order valence-electron chi connectivity index (χ2n) is 4.20. The van der Waals surface area contributed by atoms with Gasteiger partial charge in [0.1, 0.15) is 0 Å². The topological polar surface area (TPSA) is 46.8 Å². The van der Waals surface area contributed by atoms with Crippen molar-refractivity contribution in [1.82, 2.24) is 19.7 Å². The van der Waals surface area contributed by atoms with Crippen LogP contribution in [0.3, 0.4) is 0 Å². The maximum Gasteiger partial charge on any atom is 0.225 e. The van der Waals surface area contributed by atoms with Crippen molar-refractivity contribution in [3.63, 3.8) is 0 Å². The highest BCUT2D eigenvalue weighted by Crippen LogP contribution is 2.25. The molecule has 3 rings (SSSR count). The smallest absolute Gasteiger partial charge is 0.225 e. The molecule has 6 heteroatoms. The zero-order chi connectivity index (χ0) is 11.8. The molecular formula is C11H12BrN5. The van der Waals surface area contributed by atoms with Crippen LogP contribution in [0.15, 0.2) is 29.1 Å². The largest absolute Gasteiger partial charge is 0.336 e. The van der Waals surface area contributed by atoms with Crippen LogP contribution in [0.25, 0.3) is 0 Å². The summed E-state index contributed by atoms with van der Waals surface area (Å²) in [4.78, 5) is 10.8. The van der Waals surface area contributed by atoms with Crippen LogP contribution < -0.4 is 4.90 Å². The van der Waals surface area contributed by atoms with Gasteiger partial charge in [0.25, 0.3) is 0 Å². The van der Waals surface area contributed by atoms with E-state index in [1.807, 2.05) is 30.1 Å². The van der Waals surface area contributed by atoms with Crippen LogP contribution in [0, 0.1) is 6.92 Å². The van der Waals surface area contributed by atoms with Crippen molar-refractivity contribution < 1.29 is 0 Å².